The van der Waals surface area contributed by atoms with Crippen LogP contribution in [0.15, 0.2) is 65.6 Å². The highest BCUT2D eigenvalue weighted by Crippen LogP contribution is 2.27. The first kappa shape index (κ1) is 16.5. The third-order valence-electron chi connectivity index (χ3n) is 4.37. The van der Waals surface area contributed by atoms with Gasteiger partial charge in [0.15, 0.2) is 0 Å². The molecule has 6 heteroatoms. The van der Waals surface area contributed by atoms with E-state index in [-0.39, 0.29) is 17.9 Å². The van der Waals surface area contributed by atoms with Gasteiger partial charge in [0.1, 0.15) is 11.5 Å². The quantitative estimate of drug-likeness (QED) is 0.541. The zero-order chi connectivity index (χ0) is 18.3. The van der Waals surface area contributed by atoms with Crippen LogP contribution in [0, 0.1) is 12.7 Å². The summed E-state index contributed by atoms with van der Waals surface area (Å²) in [5.41, 5.74) is 3.62. The Kier molecular flexibility index (Phi) is 4.09. The monoisotopic (exact) mass is 367 g/mol. The average Bonchev–Trinajstić information content (AvgIpc) is 2.96. The van der Waals surface area contributed by atoms with Crippen LogP contribution >= 0.6 is 11.6 Å². The Balaban J connectivity index is 1.96. The van der Waals surface area contributed by atoms with Crippen LogP contribution in [0.3, 0.4) is 0 Å². The zero-order valence-corrected chi connectivity index (χ0v) is 14.7. The Morgan fingerprint density at radius 2 is 1.85 bits per heavy atom. The van der Waals surface area contributed by atoms with Gasteiger partial charge in [0, 0.05) is 28.5 Å². The summed E-state index contributed by atoms with van der Waals surface area (Å²) < 4.78 is 17.2. The second kappa shape index (κ2) is 6.42. The molecule has 0 saturated carbocycles. The Labute approximate surface area is 154 Å². The highest BCUT2D eigenvalue weighted by Gasteiger charge is 2.16. The van der Waals surface area contributed by atoms with Crippen LogP contribution in [0.5, 0.6) is 0 Å². The van der Waals surface area contributed by atoms with Gasteiger partial charge < -0.3 is 4.57 Å². The van der Waals surface area contributed by atoms with E-state index in [9.17, 15) is 9.18 Å². The van der Waals surface area contributed by atoms with Gasteiger partial charge in [0.2, 0.25) is 0 Å². The summed E-state index contributed by atoms with van der Waals surface area (Å²) in [6.45, 7) is 2.15. The molecule has 0 aliphatic heterocycles. The van der Waals surface area contributed by atoms with E-state index in [0.717, 1.165) is 17.0 Å². The van der Waals surface area contributed by atoms with E-state index in [0.29, 0.717) is 16.4 Å². The number of fused-ring (bicyclic) bond motifs is 1. The second-order valence-corrected chi connectivity index (χ2v) is 6.52. The number of pyridine rings is 2. The summed E-state index contributed by atoms with van der Waals surface area (Å²) in [4.78, 5) is 17.0. The minimum absolute atomic E-state index is 0.113. The SMILES string of the molecule is Cc1cccc(=O)n1Cc1c(-c2ccc(Cl)cc2)nc2ccc(F)cn12. The van der Waals surface area contributed by atoms with E-state index in [1.54, 1.807) is 33.2 Å². The summed E-state index contributed by atoms with van der Waals surface area (Å²) >= 11 is 5.99. The smallest absolute Gasteiger partial charge is 0.251 e. The third kappa shape index (κ3) is 2.91. The van der Waals surface area contributed by atoms with Crippen LogP contribution in [0.4, 0.5) is 4.39 Å². The van der Waals surface area contributed by atoms with Crippen molar-refractivity contribution in [2.24, 2.45) is 0 Å². The molecule has 0 radical (unpaired) electrons. The molecule has 4 nitrogen and oxygen atoms in total. The molecule has 0 saturated heterocycles. The van der Waals surface area contributed by atoms with Crippen molar-refractivity contribution in [1.82, 2.24) is 14.0 Å². The molecule has 4 rings (SSSR count). The first-order chi connectivity index (χ1) is 12.5. The molecule has 0 fully saturated rings. The lowest BCUT2D eigenvalue weighted by Gasteiger charge is -2.11. The minimum Gasteiger partial charge on any atom is -0.307 e. The molecule has 0 aliphatic carbocycles. The molecular formula is C20H15ClFN3O. The van der Waals surface area contributed by atoms with Crippen molar-refractivity contribution < 1.29 is 4.39 Å². The van der Waals surface area contributed by atoms with Crippen molar-refractivity contribution in [3.8, 4) is 11.3 Å². The molecular weight excluding hydrogens is 353 g/mol. The molecule has 0 bridgehead atoms. The maximum absolute atomic E-state index is 13.8. The maximum Gasteiger partial charge on any atom is 0.251 e. The summed E-state index contributed by atoms with van der Waals surface area (Å²) in [5.74, 6) is -0.365. The van der Waals surface area contributed by atoms with Gasteiger partial charge in [-0.2, -0.15) is 0 Å². The van der Waals surface area contributed by atoms with E-state index in [4.69, 9.17) is 11.6 Å². The number of hydrogen-bond donors (Lipinski definition) is 0. The van der Waals surface area contributed by atoms with E-state index in [1.165, 1.54) is 18.3 Å². The van der Waals surface area contributed by atoms with Gasteiger partial charge >= 0.3 is 0 Å². The van der Waals surface area contributed by atoms with Crippen molar-refractivity contribution in [2.75, 3.05) is 0 Å². The Bertz CT molecular complexity index is 1160. The molecule has 130 valence electrons. The number of benzene rings is 1. The highest BCUT2D eigenvalue weighted by molar-refractivity contribution is 6.30. The Hall–Kier alpha value is -2.92. The first-order valence-electron chi connectivity index (χ1n) is 8.12. The molecule has 0 spiro atoms. The lowest BCUT2D eigenvalue weighted by atomic mass is 10.1. The van der Waals surface area contributed by atoms with Gasteiger partial charge in [0.25, 0.3) is 5.56 Å². The normalized spacial score (nSPS) is 11.2. The largest absolute Gasteiger partial charge is 0.307 e. The van der Waals surface area contributed by atoms with Crippen LogP contribution in [-0.4, -0.2) is 14.0 Å². The summed E-state index contributed by atoms with van der Waals surface area (Å²) in [6.07, 6.45) is 1.39. The number of aryl methyl sites for hydroxylation is 1. The van der Waals surface area contributed by atoms with Crippen molar-refractivity contribution >= 4 is 17.2 Å². The molecule has 3 aromatic heterocycles. The van der Waals surface area contributed by atoms with Crippen LogP contribution in [0.2, 0.25) is 5.02 Å². The number of hydrogen-bond acceptors (Lipinski definition) is 2. The van der Waals surface area contributed by atoms with Gasteiger partial charge in [-0.05, 0) is 37.3 Å². The molecule has 0 atom stereocenters. The number of rotatable bonds is 3. The predicted octanol–water partition coefficient (Wildman–Crippen LogP) is 4.31. The Morgan fingerprint density at radius 1 is 1.08 bits per heavy atom. The zero-order valence-electron chi connectivity index (χ0n) is 14.0. The van der Waals surface area contributed by atoms with Crippen molar-refractivity contribution in [1.29, 1.82) is 0 Å². The molecule has 4 aromatic rings. The average molecular weight is 368 g/mol. The summed E-state index contributed by atoms with van der Waals surface area (Å²) in [6, 6.07) is 15.4. The van der Waals surface area contributed by atoms with Gasteiger partial charge in [-0.3, -0.25) is 9.20 Å². The number of nitrogens with zero attached hydrogens (tertiary/aromatic N) is 3. The van der Waals surface area contributed by atoms with Crippen molar-refractivity contribution in [3.05, 3.63) is 93.4 Å². The minimum atomic E-state index is -0.365. The lowest BCUT2D eigenvalue weighted by molar-refractivity contribution is 0.615. The Morgan fingerprint density at radius 3 is 2.58 bits per heavy atom. The molecule has 0 N–H and O–H groups in total. The standard InChI is InChI=1S/C20H15ClFN3O/c1-13-3-2-4-19(26)24(13)12-17-20(14-5-7-15(21)8-6-14)23-18-10-9-16(22)11-25(17)18/h2-11H,12H2,1H3. The van der Waals surface area contributed by atoms with E-state index in [1.807, 2.05) is 25.1 Å². The second-order valence-electron chi connectivity index (χ2n) is 6.08. The van der Waals surface area contributed by atoms with Crippen molar-refractivity contribution in [2.45, 2.75) is 13.5 Å². The summed E-state index contributed by atoms with van der Waals surface area (Å²) in [5, 5.41) is 0.625. The predicted molar refractivity (Wildman–Crippen MR) is 100 cm³/mol. The highest BCUT2D eigenvalue weighted by atomic mass is 35.5. The van der Waals surface area contributed by atoms with E-state index < -0.39 is 0 Å². The molecule has 0 aliphatic rings. The van der Waals surface area contributed by atoms with Crippen LogP contribution in [0.25, 0.3) is 16.9 Å². The van der Waals surface area contributed by atoms with Gasteiger partial charge in [0.05, 0.1) is 17.9 Å². The number of halogens is 2. The molecule has 26 heavy (non-hydrogen) atoms. The fraction of sp³-hybridized carbons (Fsp3) is 0.100. The van der Waals surface area contributed by atoms with Crippen LogP contribution < -0.4 is 5.56 Å². The van der Waals surface area contributed by atoms with Gasteiger partial charge in [-0.1, -0.05) is 29.8 Å². The first-order valence-corrected chi connectivity index (χ1v) is 8.49. The third-order valence-corrected chi connectivity index (χ3v) is 4.63. The molecule has 3 heterocycles. The molecule has 1 aromatic carbocycles. The van der Waals surface area contributed by atoms with Crippen LogP contribution in [0.1, 0.15) is 11.4 Å². The summed E-state index contributed by atoms with van der Waals surface area (Å²) in [7, 11) is 0. The fourth-order valence-electron chi connectivity index (χ4n) is 3.03. The topological polar surface area (TPSA) is 39.3 Å². The molecule has 0 unspecified atom stereocenters. The van der Waals surface area contributed by atoms with Crippen LogP contribution in [-0.2, 0) is 6.54 Å². The molecule has 0 amide bonds. The van der Waals surface area contributed by atoms with E-state index >= 15 is 0 Å². The van der Waals surface area contributed by atoms with E-state index in [2.05, 4.69) is 4.98 Å². The van der Waals surface area contributed by atoms with Gasteiger partial charge in [-0.25, -0.2) is 9.37 Å². The number of imidazole rings is 1. The fourth-order valence-corrected chi connectivity index (χ4v) is 3.16. The maximum atomic E-state index is 13.8. The van der Waals surface area contributed by atoms with Gasteiger partial charge in [-0.15, -0.1) is 0 Å². The lowest BCUT2D eigenvalue weighted by Crippen LogP contribution is -2.22. The number of aromatic nitrogens is 3. The van der Waals surface area contributed by atoms with Crippen molar-refractivity contribution in [3.63, 3.8) is 0 Å².